The predicted octanol–water partition coefficient (Wildman–Crippen LogP) is 3.16. The zero-order chi connectivity index (χ0) is 18.0. The third kappa shape index (κ3) is 2.12. The third-order valence-electron chi connectivity index (χ3n) is 5.84. The van der Waals surface area contributed by atoms with Crippen molar-refractivity contribution in [3.8, 4) is 34.1 Å². The summed E-state index contributed by atoms with van der Waals surface area (Å²) in [6.45, 7) is 4.23. The van der Waals surface area contributed by atoms with Gasteiger partial charge in [0.1, 0.15) is 0 Å². The van der Waals surface area contributed by atoms with Crippen LogP contribution in [-0.2, 0) is 0 Å². The number of aliphatic hydroxyl groups is 2. The Labute approximate surface area is 150 Å². The zero-order valence-electron chi connectivity index (χ0n) is 14.6. The maximum atomic E-state index is 11.0. The Morgan fingerprint density at radius 3 is 1.38 bits per heavy atom. The summed E-state index contributed by atoms with van der Waals surface area (Å²) in [5, 5.41) is 22.0. The summed E-state index contributed by atoms with van der Waals surface area (Å²) in [6.07, 6.45) is -1.47. The number of hydrogen-bond donors (Lipinski definition) is 2. The van der Waals surface area contributed by atoms with E-state index in [0.29, 0.717) is 23.0 Å². The lowest BCUT2D eigenvalue weighted by Crippen LogP contribution is -2.25. The maximum Gasteiger partial charge on any atom is 0.231 e. The number of ether oxygens (including phenoxy) is 4. The number of benzene rings is 2. The zero-order valence-corrected chi connectivity index (χ0v) is 14.6. The Morgan fingerprint density at radius 2 is 1.00 bits per heavy atom. The van der Waals surface area contributed by atoms with Crippen molar-refractivity contribution in [1.82, 2.24) is 0 Å². The van der Waals surface area contributed by atoms with Crippen LogP contribution in [0.15, 0.2) is 24.3 Å². The highest BCUT2D eigenvalue weighted by Crippen LogP contribution is 2.51. The smallest absolute Gasteiger partial charge is 0.231 e. The second-order valence-corrected chi connectivity index (χ2v) is 7.19. The van der Waals surface area contributed by atoms with Gasteiger partial charge in [0.2, 0.25) is 13.6 Å². The molecule has 0 spiro atoms. The molecule has 5 rings (SSSR count). The van der Waals surface area contributed by atoms with Crippen LogP contribution in [0.2, 0.25) is 0 Å². The summed E-state index contributed by atoms with van der Waals surface area (Å²) >= 11 is 0. The Bertz CT molecular complexity index is 819. The minimum Gasteiger partial charge on any atom is -0.454 e. The molecule has 4 atom stereocenters. The van der Waals surface area contributed by atoms with Crippen molar-refractivity contribution in [2.24, 2.45) is 11.8 Å². The molecule has 0 amide bonds. The summed E-state index contributed by atoms with van der Waals surface area (Å²) in [7, 11) is 0. The standard InChI is InChI=1S/C20H20O6/c1-9-10(2)20(22)14-6-18-16(24-8-26-18)4-12(14)11-3-15-17(25-7-23-15)5-13(11)19(9)21/h3-6,9-10,19-22H,7-8H2,1-2H3/t9-,10-,19-,20-/m0/s1. The van der Waals surface area contributed by atoms with Crippen LogP contribution in [0.4, 0.5) is 0 Å². The highest BCUT2D eigenvalue weighted by molar-refractivity contribution is 5.78. The predicted molar refractivity (Wildman–Crippen MR) is 92.4 cm³/mol. The quantitative estimate of drug-likeness (QED) is 0.755. The molecular formula is C20H20O6. The molecule has 136 valence electrons. The summed E-state index contributed by atoms with van der Waals surface area (Å²) in [4.78, 5) is 0. The van der Waals surface area contributed by atoms with Gasteiger partial charge in [-0.25, -0.2) is 0 Å². The second-order valence-electron chi connectivity index (χ2n) is 7.19. The average Bonchev–Trinajstić information content (AvgIpc) is 3.30. The summed E-state index contributed by atoms with van der Waals surface area (Å²) in [5.74, 6) is 2.23. The number of hydrogen-bond acceptors (Lipinski definition) is 6. The van der Waals surface area contributed by atoms with Crippen molar-refractivity contribution in [2.75, 3.05) is 13.6 Å². The summed E-state index contributed by atoms with van der Waals surface area (Å²) in [5.41, 5.74) is 3.15. The molecule has 6 nitrogen and oxygen atoms in total. The first-order valence-corrected chi connectivity index (χ1v) is 8.78. The first kappa shape index (κ1) is 15.8. The van der Waals surface area contributed by atoms with Gasteiger partial charge in [0.15, 0.2) is 23.0 Å². The van der Waals surface area contributed by atoms with E-state index in [1.807, 2.05) is 38.1 Å². The van der Waals surface area contributed by atoms with Gasteiger partial charge in [-0.15, -0.1) is 0 Å². The molecule has 3 aliphatic rings. The van der Waals surface area contributed by atoms with E-state index in [0.717, 1.165) is 22.3 Å². The van der Waals surface area contributed by atoms with E-state index in [2.05, 4.69) is 0 Å². The lowest BCUT2D eigenvalue weighted by molar-refractivity contribution is 0.0200. The van der Waals surface area contributed by atoms with Crippen LogP contribution in [0.25, 0.3) is 11.1 Å². The van der Waals surface area contributed by atoms with Crippen LogP contribution in [0.5, 0.6) is 23.0 Å². The lowest BCUT2D eigenvalue weighted by atomic mass is 9.75. The van der Waals surface area contributed by atoms with Crippen LogP contribution in [0.3, 0.4) is 0 Å². The van der Waals surface area contributed by atoms with Gasteiger partial charge >= 0.3 is 0 Å². The highest BCUT2D eigenvalue weighted by Gasteiger charge is 2.36. The molecule has 2 N–H and O–H groups in total. The normalized spacial score (nSPS) is 28.2. The van der Waals surface area contributed by atoms with Crippen LogP contribution in [0.1, 0.15) is 37.2 Å². The molecular weight excluding hydrogens is 336 g/mol. The van der Waals surface area contributed by atoms with Crippen molar-refractivity contribution < 1.29 is 29.2 Å². The number of fused-ring (bicyclic) bond motifs is 5. The van der Waals surface area contributed by atoms with Crippen LogP contribution < -0.4 is 18.9 Å². The van der Waals surface area contributed by atoms with E-state index in [-0.39, 0.29) is 25.4 Å². The second kappa shape index (κ2) is 5.53. The molecule has 0 saturated carbocycles. The fourth-order valence-electron chi connectivity index (χ4n) is 4.01. The molecule has 2 heterocycles. The Kier molecular flexibility index (Phi) is 3.36. The number of aliphatic hydroxyl groups excluding tert-OH is 2. The molecule has 0 bridgehead atoms. The average molecular weight is 356 g/mol. The van der Waals surface area contributed by atoms with Crippen LogP contribution in [0, 0.1) is 11.8 Å². The van der Waals surface area contributed by atoms with Crippen molar-refractivity contribution in [3.05, 3.63) is 35.4 Å². The Balaban J connectivity index is 1.81. The van der Waals surface area contributed by atoms with Gasteiger partial charge in [-0.2, -0.15) is 0 Å². The molecule has 0 unspecified atom stereocenters. The molecule has 0 radical (unpaired) electrons. The number of rotatable bonds is 0. The van der Waals surface area contributed by atoms with Gasteiger partial charge in [-0.3, -0.25) is 0 Å². The first-order valence-electron chi connectivity index (χ1n) is 8.78. The molecule has 0 aromatic heterocycles. The van der Waals surface area contributed by atoms with Gasteiger partial charge in [0, 0.05) is 0 Å². The van der Waals surface area contributed by atoms with Gasteiger partial charge in [-0.1, -0.05) is 13.8 Å². The Morgan fingerprint density at radius 1 is 0.654 bits per heavy atom. The van der Waals surface area contributed by atoms with Crippen molar-refractivity contribution in [3.63, 3.8) is 0 Å². The molecule has 2 aromatic rings. The largest absolute Gasteiger partial charge is 0.454 e. The minimum atomic E-state index is -0.734. The first-order chi connectivity index (χ1) is 12.5. The van der Waals surface area contributed by atoms with Crippen LogP contribution in [-0.4, -0.2) is 23.8 Å². The van der Waals surface area contributed by atoms with E-state index in [1.165, 1.54) is 0 Å². The maximum absolute atomic E-state index is 11.0. The molecule has 26 heavy (non-hydrogen) atoms. The summed E-state index contributed by atoms with van der Waals surface area (Å²) in [6, 6.07) is 7.43. The van der Waals surface area contributed by atoms with E-state index < -0.39 is 12.2 Å². The van der Waals surface area contributed by atoms with Gasteiger partial charge in [0.25, 0.3) is 0 Å². The minimum absolute atomic E-state index is 0.150. The molecule has 0 fully saturated rings. The van der Waals surface area contributed by atoms with E-state index >= 15 is 0 Å². The third-order valence-corrected chi connectivity index (χ3v) is 5.84. The molecule has 6 heteroatoms. The van der Waals surface area contributed by atoms with Gasteiger partial charge in [-0.05, 0) is 58.4 Å². The highest BCUT2D eigenvalue weighted by atomic mass is 16.7. The molecule has 2 aliphatic heterocycles. The van der Waals surface area contributed by atoms with Gasteiger partial charge in [0.05, 0.1) is 12.2 Å². The molecule has 1 aliphatic carbocycles. The summed E-state index contributed by atoms with van der Waals surface area (Å²) < 4.78 is 22.1. The SMILES string of the molecule is C[C@H]1[C@H](C)[C@H](O)c2cc3c(cc2-c2cc4c(cc2[C@H]1O)OCO4)OCO3. The monoisotopic (exact) mass is 356 g/mol. The van der Waals surface area contributed by atoms with Crippen molar-refractivity contribution >= 4 is 0 Å². The van der Waals surface area contributed by atoms with Crippen molar-refractivity contribution in [1.29, 1.82) is 0 Å². The fraction of sp³-hybridized carbons (Fsp3) is 0.400. The fourth-order valence-corrected chi connectivity index (χ4v) is 4.01. The molecule has 2 aromatic carbocycles. The van der Waals surface area contributed by atoms with E-state index in [1.54, 1.807) is 0 Å². The van der Waals surface area contributed by atoms with E-state index in [4.69, 9.17) is 18.9 Å². The topological polar surface area (TPSA) is 77.4 Å². The molecule has 0 saturated heterocycles. The lowest BCUT2D eigenvalue weighted by Gasteiger charge is -2.34. The van der Waals surface area contributed by atoms with Crippen LogP contribution >= 0.6 is 0 Å². The van der Waals surface area contributed by atoms with Crippen molar-refractivity contribution in [2.45, 2.75) is 26.1 Å². The van der Waals surface area contributed by atoms with E-state index in [9.17, 15) is 10.2 Å². The van der Waals surface area contributed by atoms with Gasteiger partial charge < -0.3 is 29.2 Å². The Hall–Kier alpha value is -2.44.